The van der Waals surface area contributed by atoms with Crippen molar-refractivity contribution in [3.05, 3.63) is 107 Å². The first kappa shape index (κ1) is 16.9. The molecule has 0 amide bonds. The summed E-state index contributed by atoms with van der Waals surface area (Å²) in [6, 6.07) is 18.9. The number of carbonyl (C=O) groups is 1. The maximum atomic E-state index is 12.9. The van der Waals surface area contributed by atoms with E-state index in [9.17, 15) is 15.0 Å². The third-order valence-corrected chi connectivity index (χ3v) is 4.89. The molecule has 4 nitrogen and oxygen atoms in total. The zero-order valence-electron chi connectivity index (χ0n) is 14.6. The van der Waals surface area contributed by atoms with Gasteiger partial charge in [-0.1, -0.05) is 48.5 Å². The van der Waals surface area contributed by atoms with Crippen LogP contribution in [-0.4, -0.2) is 16.2 Å². The van der Waals surface area contributed by atoms with Crippen molar-refractivity contribution in [3.63, 3.8) is 0 Å². The van der Waals surface area contributed by atoms with Crippen LogP contribution in [0.5, 0.6) is 11.5 Å². The minimum absolute atomic E-state index is 0.129. The van der Waals surface area contributed by atoms with Gasteiger partial charge < -0.3 is 14.9 Å². The van der Waals surface area contributed by atoms with Crippen molar-refractivity contribution in [2.45, 2.75) is 12.0 Å². The number of benzene rings is 3. The smallest absolute Gasteiger partial charge is 0.340 e. The quantitative estimate of drug-likeness (QED) is 0.539. The Labute approximate surface area is 157 Å². The fourth-order valence-corrected chi connectivity index (χ4v) is 3.69. The molecule has 1 aliphatic heterocycles. The van der Waals surface area contributed by atoms with Gasteiger partial charge in [-0.3, -0.25) is 0 Å². The molecule has 1 aliphatic rings. The van der Waals surface area contributed by atoms with E-state index >= 15 is 0 Å². The normalized spacial score (nSPS) is 14.4. The number of carbonyl (C=O) groups excluding carboxylic acids is 1. The molecule has 0 unspecified atom stereocenters. The standard InChI is InChI=1S/C23H18O4/c1-2-4-15-5-3-6-20-21(15)22(26)27-23(20,16-7-11-18(24)12-8-16)17-9-13-19(25)14-10-17/h2-3,5-14,24-25H,1,4H2. The molecule has 0 saturated heterocycles. The molecule has 3 aromatic carbocycles. The van der Waals surface area contributed by atoms with Crippen molar-refractivity contribution in [1.82, 2.24) is 0 Å². The molecule has 3 aromatic rings. The topological polar surface area (TPSA) is 66.8 Å². The lowest BCUT2D eigenvalue weighted by Crippen LogP contribution is -2.29. The van der Waals surface area contributed by atoms with Crippen LogP contribution < -0.4 is 0 Å². The molecule has 0 atom stereocenters. The molecule has 0 radical (unpaired) electrons. The first-order chi connectivity index (χ1) is 13.1. The summed E-state index contributed by atoms with van der Waals surface area (Å²) in [7, 11) is 0. The van der Waals surface area contributed by atoms with Crippen LogP contribution in [0.15, 0.2) is 79.4 Å². The van der Waals surface area contributed by atoms with Crippen LogP contribution in [0.2, 0.25) is 0 Å². The third-order valence-electron chi connectivity index (χ3n) is 4.89. The molecular formula is C23H18O4. The predicted molar refractivity (Wildman–Crippen MR) is 102 cm³/mol. The Bertz CT molecular complexity index is 972. The summed E-state index contributed by atoms with van der Waals surface area (Å²) in [5.74, 6) is -0.141. The maximum absolute atomic E-state index is 12.9. The van der Waals surface area contributed by atoms with Gasteiger partial charge in [-0.25, -0.2) is 4.79 Å². The first-order valence-corrected chi connectivity index (χ1v) is 8.62. The number of aromatic hydroxyl groups is 2. The second-order valence-electron chi connectivity index (χ2n) is 6.50. The van der Waals surface area contributed by atoms with Crippen molar-refractivity contribution in [2.75, 3.05) is 0 Å². The van der Waals surface area contributed by atoms with Gasteiger partial charge in [0, 0.05) is 16.7 Å². The number of rotatable bonds is 4. The highest BCUT2D eigenvalue weighted by Gasteiger charge is 2.49. The van der Waals surface area contributed by atoms with Crippen LogP contribution in [-0.2, 0) is 16.8 Å². The van der Waals surface area contributed by atoms with Gasteiger partial charge in [-0.05, 0) is 36.2 Å². The van der Waals surface area contributed by atoms with Gasteiger partial charge in [-0.15, -0.1) is 6.58 Å². The van der Waals surface area contributed by atoms with Crippen molar-refractivity contribution < 1.29 is 19.7 Å². The predicted octanol–water partition coefficient (Wildman–Crippen LogP) is 4.29. The molecule has 0 spiro atoms. The summed E-state index contributed by atoms with van der Waals surface area (Å²) >= 11 is 0. The lowest BCUT2D eigenvalue weighted by molar-refractivity contribution is 0.0251. The molecule has 0 aliphatic carbocycles. The van der Waals surface area contributed by atoms with Crippen molar-refractivity contribution in [2.24, 2.45) is 0 Å². The summed E-state index contributed by atoms with van der Waals surface area (Å²) in [5, 5.41) is 19.4. The number of esters is 1. The molecule has 0 bridgehead atoms. The van der Waals surface area contributed by atoms with Crippen LogP contribution in [0.4, 0.5) is 0 Å². The fraction of sp³-hybridized carbons (Fsp3) is 0.0870. The fourth-order valence-electron chi connectivity index (χ4n) is 3.69. The van der Waals surface area contributed by atoms with Crippen molar-refractivity contribution in [3.8, 4) is 11.5 Å². The van der Waals surface area contributed by atoms with Gasteiger partial charge in [-0.2, -0.15) is 0 Å². The Kier molecular flexibility index (Phi) is 3.96. The number of hydrogen-bond donors (Lipinski definition) is 2. The van der Waals surface area contributed by atoms with E-state index in [0.717, 1.165) is 11.1 Å². The van der Waals surface area contributed by atoms with Crippen LogP contribution in [0.1, 0.15) is 32.6 Å². The van der Waals surface area contributed by atoms with Crippen molar-refractivity contribution >= 4 is 5.97 Å². The molecule has 27 heavy (non-hydrogen) atoms. The average Bonchev–Trinajstić information content (AvgIpc) is 2.98. The minimum Gasteiger partial charge on any atom is -0.508 e. The molecular weight excluding hydrogens is 340 g/mol. The third kappa shape index (κ3) is 2.57. The van der Waals surface area contributed by atoms with Gasteiger partial charge in [0.2, 0.25) is 0 Å². The minimum atomic E-state index is -1.15. The first-order valence-electron chi connectivity index (χ1n) is 8.62. The number of ether oxygens (including phenoxy) is 1. The molecule has 0 aromatic heterocycles. The lowest BCUT2D eigenvalue weighted by Gasteiger charge is -2.30. The van der Waals surface area contributed by atoms with E-state index in [-0.39, 0.29) is 11.5 Å². The summed E-state index contributed by atoms with van der Waals surface area (Å²) in [6.07, 6.45) is 2.31. The van der Waals surface area contributed by atoms with E-state index in [1.165, 1.54) is 0 Å². The summed E-state index contributed by atoms with van der Waals surface area (Å²) in [5.41, 5.74) is 2.42. The second kappa shape index (κ2) is 6.32. The van der Waals surface area contributed by atoms with E-state index < -0.39 is 11.6 Å². The van der Waals surface area contributed by atoms with Crippen LogP contribution in [0.25, 0.3) is 0 Å². The molecule has 4 rings (SSSR count). The van der Waals surface area contributed by atoms with Gasteiger partial charge >= 0.3 is 5.97 Å². The lowest BCUT2D eigenvalue weighted by atomic mass is 9.79. The van der Waals surface area contributed by atoms with E-state index in [1.54, 1.807) is 54.6 Å². The molecule has 0 saturated carbocycles. The SMILES string of the molecule is C=CCc1cccc2c1C(=O)OC2(c1ccc(O)cc1)c1ccc(O)cc1. The molecule has 134 valence electrons. The van der Waals surface area contributed by atoms with Gasteiger partial charge in [0.05, 0.1) is 5.56 Å². The zero-order valence-corrected chi connectivity index (χ0v) is 14.6. The molecule has 2 N–H and O–H groups in total. The van der Waals surface area contributed by atoms with Gasteiger partial charge in [0.1, 0.15) is 11.5 Å². The second-order valence-corrected chi connectivity index (χ2v) is 6.50. The highest BCUT2D eigenvalue weighted by molar-refractivity contribution is 5.98. The summed E-state index contributed by atoms with van der Waals surface area (Å²) in [6.45, 7) is 3.77. The Morgan fingerprint density at radius 2 is 1.44 bits per heavy atom. The van der Waals surface area contributed by atoms with Crippen LogP contribution in [0, 0.1) is 0 Å². The number of phenols is 2. The zero-order chi connectivity index (χ0) is 19.0. The van der Waals surface area contributed by atoms with Crippen LogP contribution >= 0.6 is 0 Å². The van der Waals surface area contributed by atoms with E-state index in [1.807, 2.05) is 18.2 Å². The Hall–Kier alpha value is -3.53. The van der Waals surface area contributed by atoms with Crippen molar-refractivity contribution in [1.29, 1.82) is 0 Å². The maximum Gasteiger partial charge on any atom is 0.340 e. The molecule has 1 heterocycles. The van der Waals surface area contributed by atoms with Crippen LogP contribution in [0.3, 0.4) is 0 Å². The van der Waals surface area contributed by atoms with Gasteiger partial charge in [0.25, 0.3) is 0 Å². The van der Waals surface area contributed by atoms with E-state index in [0.29, 0.717) is 23.1 Å². The number of cyclic esters (lactones) is 1. The van der Waals surface area contributed by atoms with E-state index in [4.69, 9.17) is 4.74 Å². The summed E-state index contributed by atoms with van der Waals surface area (Å²) < 4.78 is 6.02. The highest BCUT2D eigenvalue weighted by Crippen LogP contribution is 2.48. The molecule has 4 heteroatoms. The largest absolute Gasteiger partial charge is 0.508 e. The van der Waals surface area contributed by atoms with E-state index in [2.05, 4.69) is 6.58 Å². The Morgan fingerprint density at radius 3 is 1.96 bits per heavy atom. The average molecular weight is 358 g/mol. The number of hydrogen-bond acceptors (Lipinski definition) is 4. The number of allylic oxidation sites excluding steroid dienone is 1. The monoisotopic (exact) mass is 358 g/mol. The number of fused-ring (bicyclic) bond motifs is 1. The Morgan fingerprint density at radius 1 is 0.889 bits per heavy atom. The Balaban J connectivity index is 2.03. The van der Waals surface area contributed by atoms with Gasteiger partial charge in [0.15, 0.2) is 5.60 Å². The number of phenolic OH excluding ortho intramolecular Hbond substituents is 2. The highest BCUT2D eigenvalue weighted by atomic mass is 16.6. The summed E-state index contributed by atoms with van der Waals surface area (Å²) in [4.78, 5) is 12.9. The molecule has 0 fully saturated rings.